The van der Waals surface area contributed by atoms with Gasteiger partial charge in [-0.3, -0.25) is 4.79 Å². The van der Waals surface area contributed by atoms with Crippen molar-refractivity contribution < 1.29 is 4.79 Å². The van der Waals surface area contributed by atoms with E-state index >= 15 is 0 Å². The van der Waals surface area contributed by atoms with Crippen LogP contribution in [-0.4, -0.2) is 30.9 Å². The average Bonchev–Trinajstić information content (AvgIpc) is 2.03. The fraction of sp³-hybridized carbons (Fsp3) is 0.700. The number of rotatable bonds is 2. The van der Waals surface area contributed by atoms with Gasteiger partial charge < -0.3 is 10.2 Å². The first-order valence-electron chi connectivity index (χ1n) is 4.69. The van der Waals surface area contributed by atoms with Crippen molar-refractivity contribution in [3.63, 3.8) is 0 Å². The molecule has 0 aromatic rings. The monoisotopic (exact) mass is 182 g/mol. The van der Waals surface area contributed by atoms with Gasteiger partial charge in [-0.1, -0.05) is 13.8 Å². The van der Waals surface area contributed by atoms with Crippen LogP contribution in [0.3, 0.4) is 0 Å². The Labute approximate surface area is 79.8 Å². The summed E-state index contributed by atoms with van der Waals surface area (Å²) in [5.74, 6) is 0.529. The number of hydrogen-bond donors (Lipinski definition) is 1. The summed E-state index contributed by atoms with van der Waals surface area (Å²) in [5, 5.41) is 2.96. The van der Waals surface area contributed by atoms with E-state index in [-0.39, 0.29) is 11.9 Å². The van der Waals surface area contributed by atoms with Crippen molar-refractivity contribution in [3.05, 3.63) is 11.8 Å². The minimum atomic E-state index is 0.0358. The van der Waals surface area contributed by atoms with Crippen LogP contribution in [0.2, 0.25) is 0 Å². The topological polar surface area (TPSA) is 32.3 Å². The van der Waals surface area contributed by atoms with Gasteiger partial charge in [0.15, 0.2) is 0 Å². The molecule has 1 rings (SSSR count). The standard InChI is InChI=1S/C10H18N2O/c1-7(2)9-5-8(12(3)4)6-10(13)11-9/h6-7,9H,5H2,1-4H3,(H,11,13)/t9-/m0/s1. The Morgan fingerprint density at radius 3 is 2.62 bits per heavy atom. The summed E-state index contributed by atoms with van der Waals surface area (Å²) in [6, 6.07) is 0.287. The van der Waals surface area contributed by atoms with Crippen LogP contribution in [-0.2, 0) is 4.79 Å². The largest absolute Gasteiger partial charge is 0.381 e. The van der Waals surface area contributed by atoms with Gasteiger partial charge in [0.25, 0.3) is 0 Å². The lowest BCUT2D eigenvalue weighted by atomic mass is 9.96. The zero-order valence-electron chi connectivity index (χ0n) is 8.79. The van der Waals surface area contributed by atoms with E-state index in [9.17, 15) is 4.79 Å². The molecule has 0 aromatic carbocycles. The molecule has 3 heteroatoms. The van der Waals surface area contributed by atoms with Crippen LogP contribution in [0.4, 0.5) is 0 Å². The van der Waals surface area contributed by atoms with Gasteiger partial charge in [0.1, 0.15) is 0 Å². The van der Waals surface area contributed by atoms with Crippen LogP contribution in [0, 0.1) is 5.92 Å². The molecule has 1 heterocycles. The minimum absolute atomic E-state index is 0.0358. The first-order chi connectivity index (χ1) is 6.00. The lowest BCUT2D eigenvalue weighted by molar-refractivity contribution is -0.118. The highest BCUT2D eigenvalue weighted by Crippen LogP contribution is 2.17. The summed E-state index contributed by atoms with van der Waals surface area (Å²) >= 11 is 0. The quantitative estimate of drug-likeness (QED) is 0.690. The van der Waals surface area contributed by atoms with Crippen molar-refractivity contribution in [1.82, 2.24) is 10.2 Å². The Morgan fingerprint density at radius 1 is 1.54 bits per heavy atom. The molecule has 13 heavy (non-hydrogen) atoms. The second kappa shape index (κ2) is 3.81. The second-order valence-corrected chi connectivity index (χ2v) is 4.09. The average molecular weight is 182 g/mol. The number of nitrogens with zero attached hydrogens (tertiary/aromatic N) is 1. The molecule has 0 aromatic heterocycles. The van der Waals surface area contributed by atoms with Gasteiger partial charge in [0.2, 0.25) is 5.91 Å². The summed E-state index contributed by atoms with van der Waals surface area (Å²) in [4.78, 5) is 13.3. The number of carbonyl (C=O) groups is 1. The van der Waals surface area contributed by atoms with Crippen LogP contribution in [0.25, 0.3) is 0 Å². The Balaban J connectivity index is 2.73. The smallest absolute Gasteiger partial charge is 0.245 e. The van der Waals surface area contributed by atoms with Gasteiger partial charge in [-0.2, -0.15) is 0 Å². The third-order valence-corrected chi connectivity index (χ3v) is 2.43. The van der Waals surface area contributed by atoms with Gasteiger partial charge in [-0.15, -0.1) is 0 Å². The maximum Gasteiger partial charge on any atom is 0.245 e. The zero-order valence-corrected chi connectivity index (χ0v) is 8.79. The summed E-state index contributed by atoms with van der Waals surface area (Å²) < 4.78 is 0. The second-order valence-electron chi connectivity index (χ2n) is 4.09. The van der Waals surface area contributed by atoms with Crippen LogP contribution in [0.5, 0.6) is 0 Å². The van der Waals surface area contributed by atoms with Crippen LogP contribution in [0.1, 0.15) is 20.3 Å². The molecular formula is C10H18N2O. The summed E-state index contributed by atoms with van der Waals surface area (Å²) in [6.07, 6.45) is 2.62. The number of amides is 1. The molecule has 74 valence electrons. The van der Waals surface area contributed by atoms with Gasteiger partial charge in [0, 0.05) is 38.3 Å². The van der Waals surface area contributed by atoms with E-state index < -0.39 is 0 Å². The van der Waals surface area contributed by atoms with E-state index in [1.54, 1.807) is 6.08 Å². The molecule has 1 amide bonds. The highest BCUT2D eigenvalue weighted by atomic mass is 16.1. The number of carbonyl (C=O) groups excluding carboxylic acids is 1. The van der Waals surface area contributed by atoms with E-state index in [1.807, 2.05) is 19.0 Å². The zero-order chi connectivity index (χ0) is 10.0. The fourth-order valence-electron chi connectivity index (χ4n) is 1.43. The summed E-state index contributed by atoms with van der Waals surface area (Å²) in [7, 11) is 3.95. The van der Waals surface area contributed by atoms with E-state index in [4.69, 9.17) is 0 Å². The van der Waals surface area contributed by atoms with Crippen LogP contribution in [0.15, 0.2) is 11.8 Å². The minimum Gasteiger partial charge on any atom is -0.381 e. The molecule has 0 fully saturated rings. The summed E-state index contributed by atoms with van der Waals surface area (Å²) in [6.45, 7) is 4.26. The molecule has 1 atom stereocenters. The molecule has 0 aliphatic carbocycles. The molecule has 0 saturated carbocycles. The number of nitrogens with one attached hydrogen (secondary N) is 1. The third-order valence-electron chi connectivity index (χ3n) is 2.43. The van der Waals surface area contributed by atoms with Crippen molar-refractivity contribution in [2.75, 3.05) is 14.1 Å². The van der Waals surface area contributed by atoms with Crippen LogP contribution >= 0.6 is 0 Å². The molecule has 1 aliphatic rings. The Kier molecular flexibility index (Phi) is 2.96. The van der Waals surface area contributed by atoms with Crippen molar-refractivity contribution in [2.45, 2.75) is 26.3 Å². The number of hydrogen-bond acceptors (Lipinski definition) is 2. The third kappa shape index (κ3) is 2.47. The lowest BCUT2D eigenvalue weighted by Gasteiger charge is -2.30. The predicted molar refractivity (Wildman–Crippen MR) is 53.2 cm³/mol. The Hall–Kier alpha value is -0.990. The summed E-state index contributed by atoms with van der Waals surface area (Å²) in [5.41, 5.74) is 1.11. The van der Waals surface area contributed by atoms with Gasteiger partial charge in [-0.25, -0.2) is 0 Å². The van der Waals surface area contributed by atoms with Gasteiger partial charge in [0.05, 0.1) is 0 Å². The maximum atomic E-state index is 11.3. The molecular weight excluding hydrogens is 164 g/mol. The van der Waals surface area contributed by atoms with Crippen molar-refractivity contribution in [3.8, 4) is 0 Å². The van der Waals surface area contributed by atoms with E-state index in [0.29, 0.717) is 5.92 Å². The molecule has 0 radical (unpaired) electrons. The van der Waals surface area contributed by atoms with Gasteiger partial charge >= 0.3 is 0 Å². The van der Waals surface area contributed by atoms with Crippen LogP contribution < -0.4 is 5.32 Å². The molecule has 1 N–H and O–H groups in total. The molecule has 0 bridgehead atoms. The maximum absolute atomic E-state index is 11.3. The normalized spacial score (nSPS) is 22.7. The highest BCUT2D eigenvalue weighted by molar-refractivity contribution is 5.89. The van der Waals surface area contributed by atoms with E-state index in [1.165, 1.54) is 0 Å². The molecule has 0 saturated heterocycles. The predicted octanol–water partition coefficient (Wildman–Crippen LogP) is 0.976. The van der Waals surface area contributed by atoms with E-state index in [2.05, 4.69) is 19.2 Å². The van der Waals surface area contributed by atoms with Gasteiger partial charge in [-0.05, 0) is 5.92 Å². The first kappa shape index (κ1) is 10.1. The lowest BCUT2D eigenvalue weighted by Crippen LogP contribution is -2.42. The molecule has 1 aliphatic heterocycles. The first-order valence-corrected chi connectivity index (χ1v) is 4.69. The van der Waals surface area contributed by atoms with E-state index in [0.717, 1.165) is 12.1 Å². The van der Waals surface area contributed by atoms with Crippen molar-refractivity contribution in [2.24, 2.45) is 5.92 Å². The fourth-order valence-corrected chi connectivity index (χ4v) is 1.43. The highest BCUT2D eigenvalue weighted by Gasteiger charge is 2.22. The Bertz CT molecular complexity index is 231. The molecule has 3 nitrogen and oxygen atoms in total. The SMILES string of the molecule is CC(C)[C@@H]1CC(N(C)C)=CC(=O)N1. The molecule has 0 unspecified atom stereocenters. The Morgan fingerprint density at radius 2 is 2.15 bits per heavy atom. The van der Waals surface area contributed by atoms with Crippen molar-refractivity contribution in [1.29, 1.82) is 0 Å². The van der Waals surface area contributed by atoms with Crippen molar-refractivity contribution >= 4 is 5.91 Å². The molecule has 0 spiro atoms.